The highest BCUT2D eigenvalue weighted by atomic mass is 79.9. The number of aryl methyl sites for hydroxylation is 1. The molecule has 2 N–H and O–H groups in total. The van der Waals surface area contributed by atoms with E-state index in [-0.39, 0.29) is 29.4 Å². The fourth-order valence-electron chi connectivity index (χ4n) is 3.88. The van der Waals surface area contributed by atoms with Crippen molar-refractivity contribution in [2.24, 2.45) is 0 Å². The number of rotatable bonds is 4. The maximum Gasteiger partial charge on any atom is 0.257 e. The summed E-state index contributed by atoms with van der Waals surface area (Å²) in [5.41, 5.74) is 1.98. The first-order valence-electron chi connectivity index (χ1n) is 9.56. The Hall–Kier alpha value is -1.71. The molecule has 1 saturated heterocycles. The van der Waals surface area contributed by atoms with Crippen LogP contribution in [0.3, 0.4) is 0 Å². The van der Waals surface area contributed by atoms with Gasteiger partial charge in [0.05, 0.1) is 22.6 Å². The van der Waals surface area contributed by atoms with Crippen molar-refractivity contribution in [2.45, 2.75) is 38.1 Å². The molecule has 1 unspecified atom stereocenters. The van der Waals surface area contributed by atoms with Gasteiger partial charge in [-0.1, -0.05) is 12.1 Å². The van der Waals surface area contributed by atoms with Crippen LogP contribution < -0.4 is 10.6 Å². The molecule has 1 aromatic heterocycles. The van der Waals surface area contributed by atoms with Crippen LogP contribution in [0.4, 0.5) is 5.00 Å². The lowest BCUT2D eigenvalue weighted by Gasteiger charge is -2.15. The van der Waals surface area contributed by atoms with E-state index in [4.69, 9.17) is 0 Å². The third-order valence-corrected chi connectivity index (χ3v) is 8.98. The van der Waals surface area contributed by atoms with E-state index >= 15 is 0 Å². The average Bonchev–Trinajstić information content (AvgIpc) is 3.20. The molecule has 154 valence electrons. The summed E-state index contributed by atoms with van der Waals surface area (Å²) in [6, 6.07) is 6.75. The molecule has 29 heavy (non-hydrogen) atoms. The lowest BCUT2D eigenvalue weighted by molar-refractivity contribution is 0.0941. The Morgan fingerprint density at radius 2 is 1.86 bits per heavy atom. The number of hydrogen-bond acceptors (Lipinski definition) is 5. The van der Waals surface area contributed by atoms with E-state index in [0.29, 0.717) is 27.0 Å². The third kappa shape index (κ3) is 4.41. The Morgan fingerprint density at radius 3 is 2.59 bits per heavy atom. The molecular formula is C20H21BrN2O4S2. The zero-order chi connectivity index (χ0) is 20.6. The van der Waals surface area contributed by atoms with Gasteiger partial charge in [-0.15, -0.1) is 11.3 Å². The Balaban J connectivity index is 1.62. The first-order valence-corrected chi connectivity index (χ1v) is 13.0. The fraction of sp³-hybridized carbons (Fsp3) is 0.400. The molecule has 2 heterocycles. The molecule has 4 rings (SSSR count). The number of halogens is 1. The van der Waals surface area contributed by atoms with E-state index in [0.717, 1.165) is 36.1 Å². The van der Waals surface area contributed by atoms with Gasteiger partial charge >= 0.3 is 0 Å². The zero-order valence-electron chi connectivity index (χ0n) is 15.7. The van der Waals surface area contributed by atoms with Gasteiger partial charge in [-0.05, 0) is 65.7 Å². The Morgan fingerprint density at radius 1 is 1.10 bits per heavy atom. The Bertz CT molecular complexity index is 1080. The van der Waals surface area contributed by atoms with E-state index < -0.39 is 9.84 Å². The van der Waals surface area contributed by atoms with Crippen molar-refractivity contribution < 1.29 is 18.0 Å². The smallest absolute Gasteiger partial charge is 0.257 e. The molecule has 6 nitrogen and oxygen atoms in total. The Labute approximate surface area is 182 Å². The summed E-state index contributed by atoms with van der Waals surface area (Å²) in [6.07, 6.45) is 4.18. The number of fused-ring (bicyclic) bond motifs is 1. The van der Waals surface area contributed by atoms with Gasteiger partial charge in [-0.3, -0.25) is 9.59 Å². The summed E-state index contributed by atoms with van der Waals surface area (Å²) in [4.78, 5) is 27.0. The largest absolute Gasteiger partial charge is 0.348 e. The van der Waals surface area contributed by atoms with Gasteiger partial charge in [0.1, 0.15) is 5.00 Å². The maximum absolute atomic E-state index is 13.1. The van der Waals surface area contributed by atoms with Crippen molar-refractivity contribution in [1.29, 1.82) is 0 Å². The molecule has 0 radical (unpaired) electrons. The average molecular weight is 497 g/mol. The number of hydrogen-bond donors (Lipinski definition) is 2. The minimum Gasteiger partial charge on any atom is -0.348 e. The second-order valence-corrected chi connectivity index (χ2v) is 11.6. The standard InChI is InChI=1S/C20H21BrN2O4S2/c21-15-7-3-1-5-13(15)18(24)23-20-17(14-6-2-4-8-16(14)28-20)19(25)22-12-9-10-29(26,27)11-12/h1,3,5,7,12H,2,4,6,8-11H2,(H,22,25)(H,23,24). The van der Waals surface area contributed by atoms with Crippen LogP contribution in [0.15, 0.2) is 28.7 Å². The predicted octanol–water partition coefficient (Wildman–Crippen LogP) is 3.56. The SMILES string of the molecule is O=C(Nc1sc2c(c1C(=O)NC1CCS(=O)(=O)C1)CCCC2)c1ccccc1Br. The van der Waals surface area contributed by atoms with Crippen LogP contribution in [-0.2, 0) is 22.7 Å². The normalized spacial score (nSPS) is 20.1. The molecule has 1 atom stereocenters. The van der Waals surface area contributed by atoms with Gasteiger partial charge < -0.3 is 10.6 Å². The van der Waals surface area contributed by atoms with Crippen LogP contribution in [-0.4, -0.2) is 37.8 Å². The van der Waals surface area contributed by atoms with Gasteiger partial charge in [0.2, 0.25) is 0 Å². The van der Waals surface area contributed by atoms with Crippen molar-refractivity contribution in [2.75, 3.05) is 16.8 Å². The summed E-state index contributed by atoms with van der Waals surface area (Å²) >= 11 is 4.84. The van der Waals surface area contributed by atoms with Crippen molar-refractivity contribution in [3.05, 3.63) is 50.3 Å². The third-order valence-electron chi connectivity index (χ3n) is 5.31. The molecule has 2 amide bonds. The summed E-state index contributed by atoms with van der Waals surface area (Å²) in [5.74, 6) is -0.503. The first-order chi connectivity index (χ1) is 13.8. The summed E-state index contributed by atoms with van der Waals surface area (Å²) < 4.78 is 24.1. The van der Waals surface area contributed by atoms with Crippen molar-refractivity contribution in [3.8, 4) is 0 Å². The number of amides is 2. The summed E-state index contributed by atoms with van der Waals surface area (Å²) in [7, 11) is -3.08. The van der Waals surface area contributed by atoms with Crippen molar-refractivity contribution in [1.82, 2.24) is 5.32 Å². The van der Waals surface area contributed by atoms with Crippen molar-refractivity contribution >= 4 is 53.9 Å². The second kappa shape index (κ2) is 8.20. The zero-order valence-corrected chi connectivity index (χ0v) is 18.9. The van der Waals surface area contributed by atoms with E-state index in [1.54, 1.807) is 18.2 Å². The van der Waals surface area contributed by atoms with Gasteiger partial charge in [-0.2, -0.15) is 0 Å². The Kier molecular flexibility index (Phi) is 5.81. The molecule has 0 spiro atoms. The summed E-state index contributed by atoms with van der Waals surface area (Å²) in [6.45, 7) is 0. The van der Waals surface area contributed by atoms with E-state index in [2.05, 4.69) is 26.6 Å². The quantitative estimate of drug-likeness (QED) is 0.676. The van der Waals surface area contributed by atoms with Gasteiger partial charge in [-0.25, -0.2) is 8.42 Å². The van der Waals surface area contributed by atoms with Crippen molar-refractivity contribution in [3.63, 3.8) is 0 Å². The number of nitrogens with one attached hydrogen (secondary N) is 2. The molecular weight excluding hydrogens is 476 g/mol. The lowest BCUT2D eigenvalue weighted by Crippen LogP contribution is -2.36. The highest BCUT2D eigenvalue weighted by Crippen LogP contribution is 2.38. The molecule has 1 fully saturated rings. The minimum absolute atomic E-state index is 0.0241. The van der Waals surface area contributed by atoms with Gasteiger partial charge in [0.15, 0.2) is 9.84 Å². The molecule has 0 bridgehead atoms. The minimum atomic E-state index is -3.08. The number of sulfone groups is 1. The van der Waals surface area contributed by atoms with E-state index in [1.165, 1.54) is 11.3 Å². The van der Waals surface area contributed by atoms with Crippen LogP contribution in [0.5, 0.6) is 0 Å². The highest BCUT2D eigenvalue weighted by molar-refractivity contribution is 9.10. The van der Waals surface area contributed by atoms with Crippen LogP contribution in [0, 0.1) is 0 Å². The molecule has 1 aliphatic heterocycles. The lowest BCUT2D eigenvalue weighted by atomic mass is 9.95. The van der Waals surface area contributed by atoms with Crippen LogP contribution in [0.1, 0.15) is 50.4 Å². The molecule has 1 aliphatic carbocycles. The van der Waals surface area contributed by atoms with E-state index in [1.807, 2.05) is 6.07 Å². The van der Waals surface area contributed by atoms with E-state index in [9.17, 15) is 18.0 Å². The van der Waals surface area contributed by atoms with Crippen LogP contribution >= 0.6 is 27.3 Å². The fourth-order valence-corrected chi connectivity index (χ4v) is 7.30. The highest BCUT2D eigenvalue weighted by Gasteiger charge is 2.32. The summed E-state index contributed by atoms with van der Waals surface area (Å²) in [5, 5.41) is 6.34. The monoisotopic (exact) mass is 496 g/mol. The molecule has 1 aromatic carbocycles. The number of thiophene rings is 1. The first kappa shape index (κ1) is 20.6. The number of carbonyl (C=O) groups excluding carboxylic acids is 2. The van der Waals surface area contributed by atoms with Gasteiger partial charge in [0, 0.05) is 15.4 Å². The molecule has 0 saturated carbocycles. The molecule has 2 aliphatic rings. The number of benzene rings is 1. The topological polar surface area (TPSA) is 92.3 Å². The molecule has 9 heteroatoms. The van der Waals surface area contributed by atoms with Gasteiger partial charge in [0.25, 0.3) is 11.8 Å². The van der Waals surface area contributed by atoms with Crippen LogP contribution in [0.25, 0.3) is 0 Å². The molecule has 2 aromatic rings. The maximum atomic E-state index is 13.1. The number of carbonyl (C=O) groups is 2. The number of anilines is 1. The van der Waals surface area contributed by atoms with Crippen LogP contribution in [0.2, 0.25) is 0 Å². The second-order valence-electron chi connectivity index (χ2n) is 7.42. The predicted molar refractivity (Wildman–Crippen MR) is 118 cm³/mol.